The lowest BCUT2D eigenvalue weighted by atomic mass is 10.1. The van der Waals surface area contributed by atoms with Gasteiger partial charge < -0.3 is 15.0 Å². The van der Waals surface area contributed by atoms with Crippen LogP contribution in [0.15, 0.2) is 42.5 Å². The maximum Gasteiger partial charge on any atom is 0.261 e. The molecule has 0 spiro atoms. The molecule has 0 aromatic heterocycles. The molecule has 0 radical (unpaired) electrons. The number of carbonyl (C=O) groups excluding carboxylic acids is 2. The Bertz CT molecular complexity index is 876. The topological polar surface area (TPSA) is 58.6 Å². The van der Waals surface area contributed by atoms with Gasteiger partial charge in [-0.05, 0) is 56.4 Å². The van der Waals surface area contributed by atoms with Crippen LogP contribution in [0.4, 0.5) is 0 Å². The molecule has 0 aliphatic carbocycles. The molecule has 0 saturated heterocycles. The van der Waals surface area contributed by atoms with Gasteiger partial charge in [-0.15, -0.1) is 0 Å². The van der Waals surface area contributed by atoms with E-state index in [9.17, 15) is 9.59 Å². The summed E-state index contributed by atoms with van der Waals surface area (Å²) in [5.41, 5.74) is 4.22. The van der Waals surface area contributed by atoms with Crippen LogP contribution in [0.25, 0.3) is 0 Å². The Hall–Kier alpha value is -2.82. The summed E-state index contributed by atoms with van der Waals surface area (Å²) in [6, 6.07) is 13.2. The number of hydrogen-bond donors (Lipinski definition) is 1. The van der Waals surface area contributed by atoms with E-state index >= 15 is 0 Å². The molecule has 0 aliphatic heterocycles. The molecule has 1 unspecified atom stereocenters. The van der Waals surface area contributed by atoms with Gasteiger partial charge in [0.15, 0.2) is 6.61 Å². The molecule has 5 heteroatoms. The van der Waals surface area contributed by atoms with Gasteiger partial charge in [-0.2, -0.15) is 0 Å². The first kappa shape index (κ1) is 23.5. The lowest BCUT2D eigenvalue weighted by Crippen LogP contribution is -2.49. The Balaban J connectivity index is 2.17. The quantitative estimate of drug-likeness (QED) is 0.675. The van der Waals surface area contributed by atoms with Crippen LogP contribution in [0.1, 0.15) is 43.0 Å². The molecule has 0 bridgehead atoms. The van der Waals surface area contributed by atoms with Gasteiger partial charge in [0.2, 0.25) is 5.91 Å². The highest BCUT2D eigenvalue weighted by Crippen LogP contribution is 2.21. The first-order chi connectivity index (χ1) is 14.2. The lowest BCUT2D eigenvalue weighted by Gasteiger charge is -2.29. The van der Waals surface area contributed by atoms with E-state index in [1.807, 2.05) is 77.1 Å². The van der Waals surface area contributed by atoms with Crippen molar-refractivity contribution in [2.45, 2.75) is 54.1 Å². The maximum atomic E-state index is 13.1. The molecule has 1 N–H and O–H groups in total. The minimum atomic E-state index is -0.598. The molecular weight excluding hydrogens is 376 g/mol. The van der Waals surface area contributed by atoms with Crippen LogP contribution < -0.4 is 10.1 Å². The molecule has 0 heterocycles. The zero-order chi connectivity index (χ0) is 22.3. The minimum absolute atomic E-state index is 0.113. The number of ether oxygens (including phenoxy) is 1. The third-order valence-corrected chi connectivity index (χ3v) is 5.19. The summed E-state index contributed by atoms with van der Waals surface area (Å²) in [7, 11) is 0. The number of hydrogen-bond acceptors (Lipinski definition) is 3. The predicted octanol–water partition coefficient (Wildman–Crippen LogP) is 4.18. The summed E-state index contributed by atoms with van der Waals surface area (Å²) in [5, 5.41) is 2.93. The summed E-state index contributed by atoms with van der Waals surface area (Å²) in [5.74, 6) is 0.659. The van der Waals surface area contributed by atoms with Crippen molar-refractivity contribution < 1.29 is 14.3 Å². The van der Waals surface area contributed by atoms with E-state index in [0.717, 1.165) is 22.3 Å². The first-order valence-electron chi connectivity index (χ1n) is 10.5. The number of nitrogens with zero attached hydrogens (tertiary/aromatic N) is 1. The SMILES string of the molecule is Cc1cccc(CN(C(=O)COc2cccc(C)c2C)C(C)C(=O)NCC(C)C)c1. The van der Waals surface area contributed by atoms with Gasteiger partial charge in [0.05, 0.1) is 0 Å². The van der Waals surface area contributed by atoms with Crippen LogP contribution in [-0.4, -0.2) is 35.9 Å². The second-order valence-electron chi connectivity index (χ2n) is 8.31. The van der Waals surface area contributed by atoms with Gasteiger partial charge in [-0.25, -0.2) is 0 Å². The van der Waals surface area contributed by atoms with Crippen molar-refractivity contribution in [3.8, 4) is 5.75 Å². The Morgan fingerprint density at radius 2 is 1.73 bits per heavy atom. The van der Waals surface area contributed by atoms with Crippen molar-refractivity contribution in [3.63, 3.8) is 0 Å². The van der Waals surface area contributed by atoms with Crippen molar-refractivity contribution in [2.75, 3.05) is 13.2 Å². The molecule has 0 fully saturated rings. The van der Waals surface area contributed by atoms with E-state index in [0.29, 0.717) is 24.8 Å². The van der Waals surface area contributed by atoms with Crippen molar-refractivity contribution in [1.82, 2.24) is 10.2 Å². The van der Waals surface area contributed by atoms with E-state index in [1.165, 1.54) is 0 Å². The van der Waals surface area contributed by atoms with Gasteiger partial charge in [0, 0.05) is 13.1 Å². The molecule has 2 rings (SSSR count). The monoisotopic (exact) mass is 410 g/mol. The highest BCUT2D eigenvalue weighted by molar-refractivity contribution is 5.88. The van der Waals surface area contributed by atoms with E-state index in [4.69, 9.17) is 4.74 Å². The van der Waals surface area contributed by atoms with E-state index in [1.54, 1.807) is 11.8 Å². The van der Waals surface area contributed by atoms with Crippen LogP contribution in [0, 0.1) is 26.7 Å². The van der Waals surface area contributed by atoms with Crippen molar-refractivity contribution >= 4 is 11.8 Å². The van der Waals surface area contributed by atoms with Crippen LogP contribution in [0.3, 0.4) is 0 Å². The lowest BCUT2D eigenvalue weighted by molar-refractivity contribution is -0.142. The first-order valence-corrected chi connectivity index (χ1v) is 10.5. The Kier molecular flexibility index (Phi) is 8.46. The van der Waals surface area contributed by atoms with E-state index in [2.05, 4.69) is 5.32 Å². The van der Waals surface area contributed by atoms with Crippen molar-refractivity contribution in [2.24, 2.45) is 5.92 Å². The maximum absolute atomic E-state index is 13.1. The molecular formula is C25H34N2O3. The molecule has 162 valence electrons. The molecule has 1 atom stereocenters. The summed E-state index contributed by atoms with van der Waals surface area (Å²) < 4.78 is 5.83. The molecule has 30 heavy (non-hydrogen) atoms. The largest absolute Gasteiger partial charge is 0.483 e. The summed E-state index contributed by atoms with van der Waals surface area (Å²) >= 11 is 0. The minimum Gasteiger partial charge on any atom is -0.483 e. The molecule has 2 aromatic rings. The summed E-state index contributed by atoms with van der Waals surface area (Å²) in [4.78, 5) is 27.4. The van der Waals surface area contributed by atoms with Gasteiger partial charge in [-0.3, -0.25) is 9.59 Å². The van der Waals surface area contributed by atoms with E-state index < -0.39 is 6.04 Å². The fraction of sp³-hybridized carbons (Fsp3) is 0.440. The average molecular weight is 411 g/mol. The molecule has 5 nitrogen and oxygen atoms in total. The number of benzene rings is 2. The van der Waals surface area contributed by atoms with Crippen LogP contribution in [-0.2, 0) is 16.1 Å². The number of aryl methyl sites for hydroxylation is 2. The average Bonchev–Trinajstić information content (AvgIpc) is 2.70. The van der Waals surface area contributed by atoms with Crippen LogP contribution in [0.2, 0.25) is 0 Å². The standard InChI is InChI=1S/C25H34N2O3/c1-17(2)14-26-25(29)21(6)27(15-22-11-7-9-18(3)13-22)24(28)16-30-23-12-8-10-19(4)20(23)5/h7-13,17,21H,14-16H2,1-6H3,(H,26,29). The number of carbonyl (C=O) groups is 2. The molecule has 0 saturated carbocycles. The number of amides is 2. The molecule has 2 aromatic carbocycles. The number of rotatable bonds is 9. The third-order valence-electron chi connectivity index (χ3n) is 5.19. The Morgan fingerprint density at radius 1 is 1.03 bits per heavy atom. The predicted molar refractivity (Wildman–Crippen MR) is 120 cm³/mol. The zero-order valence-corrected chi connectivity index (χ0v) is 19.0. The second-order valence-corrected chi connectivity index (χ2v) is 8.31. The molecule has 0 aliphatic rings. The summed E-state index contributed by atoms with van der Waals surface area (Å²) in [6.45, 7) is 12.7. The third kappa shape index (κ3) is 6.61. The fourth-order valence-electron chi connectivity index (χ4n) is 3.15. The van der Waals surface area contributed by atoms with E-state index in [-0.39, 0.29) is 18.4 Å². The zero-order valence-electron chi connectivity index (χ0n) is 19.0. The number of nitrogens with one attached hydrogen (secondary N) is 1. The second kappa shape index (κ2) is 10.8. The highest BCUT2D eigenvalue weighted by Gasteiger charge is 2.26. The normalized spacial score (nSPS) is 11.8. The fourth-order valence-corrected chi connectivity index (χ4v) is 3.15. The summed E-state index contributed by atoms with van der Waals surface area (Å²) in [6.07, 6.45) is 0. The van der Waals surface area contributed by atoms with Crippen molar-refractivity contribution in [1.29, 1.82) is 0 Å². The van der Waals surface area contributed by atoms with Crippen LogP contribution in [0.5, 0.6) is 5.75 Å². The van der Waals surface area contributed by atoms with Gasteiger partial charge in [0.1, 0.15) is 11.8 Å². The molecule has 2 amide bonds. The van der Waals surface area contributed by atoms with Gasteiger partial charge >= 0.3 is 0 Å². The Morgan fingerprint density at radius 3 is 2.40 bits per heavy atom. The highest BCUT2D eigenvalue weighted by atomic mass is 16.5. The Labute approximate surface area is 180 Å². The smallest absolute Gasteiger partial charge is 0.261 e. The van der Waals surface area contributed by atoms with Crippen molar-refractivity contribution in [3.05, 3.63) is 64.7 Å². The van der Waals surface area contributed by atoms with Gasteiger partial charge in [-0.1, -0.05) is 55.8 Å². The van der Waals surface area contributed by atoms with Gasteiger partial charge in [0.25, 0.3) is 5.91 Å². The van der Waals surface area contributed by atoms with Crippen LogP contribution >= 0.6 is 0 Å².